The number of urea groups is 1. The standard InChI is InChI=1S/C22H31N3O2/c1-16(8-7-13-23-22(26)25-18-10-4-5-11-18)24-21-15-19(27-2)14-17-9-3-6-12-20(17)21/h3,6,9,12,14-16,18,24H,4-5,7-8,10-11,13H2,1-2H3,(H2,23,25,26). The largest absolute Gasteiger partial charge is 0.497 e. The number of anilines is 1. The lowest BCUT2D eigenvalue weighted by Gasteiger charge is -2.18. The Bertz CT molecular complexity index is 756. The first-order valence-corrected chi connectivity index (χ1v) is 10.0. The van der Waals surface area contributed by atoms with Gasteiger partial charge in [0.05, 0.1) is 7.11 Å². The predicted octanol–water partition coefficient (Wildman–Crippen LogP) is 4.67. The van der Waals surface area contributed by atoms with Crippen LogP contribution < -0.4 is 20.7 Å². The molecule has 1 aliphatic rings. The van der Waals surface area contributed by atoms with Gasteiger partial charge in [-0.2, -0.15) is 0 Å². The first-order valence-electron chi connectivity index (χ1n) is 10.0. The molecule has 2 amide bonds. The molecular weight excluding hydrogens is 338 g/mol. The van der Waals surface area contributed by atoms with Gasteiger partial charge in [0.1, 0.15) is 5.75 Å². The molecule has 2 aromatic rings. The number of hydrogen-bond donors (Lipinski definition) is 3. The second kappa shape index (κ2) is 9.49. The molecule has 1 saturated carbocycles. The number of ether oxygens (including phenoxy) is 1. The highest BCUT2D eigenvalue weighted by Gasteiger charge is 2.16. The fourth-order valence-corrected chi connectivity index (χ4v) is 3.77. The molecule has 0 heterocycles. The van der Waals surface area contributed by atoms with E-state index in [1.807, 2.05) is 12.1 Å². The lowest BCUT2D eigenvalue weighted by Crippen LogP contribution is -2.41. The Morgan fingerprint density at radius 2 is 2.00 bits per heavy atom. The fourth-order valence-electron chi connectivity index (χ4n) is 3.77. The minimum atomic E-state index is -0.0266. The van der Waals surface area contributed by atoms with Gasteiger partial charge in [-0.25, -0.2) is 4.79 Å². The number of carbonyl (C=O) groups excluding carboxylic acids is 1. The van der Waals surface area contributed by atoms with Gasteiger partial charge >= 0.3 is 6.03 Å². The van der Waals surface area contributed by atoms with E-state index in [1.165, 1.54) is 18.2 Å². The molecule has 2 aromatic carbocycles. The van der Waals surface area contributed by atoms with Gasteiger partial charge in [0, 0.05) is 35.8 Å². The minimum Gasteiger partial charge on any atom is -0.497 e. The Labute approximate surface area is 161 Å². The molecule has 0 aromatic heterocycles. The molecule has 1 aliphatic carbocycles. The van der Waals surface area contributed by atoms with Crippen molar-refractivity contribution in [2.45, 2.75) is 57.5 Å². The van der Waals surface area contributed by atoms with Crippen molar-refractivity contribution in [2.24, 2.45) is 0 Å². The third-order valence-electron chi connectivity index (χ3n) is 5.26. The maximum absolute atomic E-state index is 11.9. The van der Waals surface area contributed by atoms with Crippen molar-refractivity contribution >= 4 is 22.5 Å². The van der Waals surface area contributed by atoms with Crippen LogP contribution in [0.2, 0.25) is 0 Å². The van der Waals surface area contributed by atoms with Crippen molar-refractivity contribution in [3.63, 3.8) is 0 Å². The van der Waals surface area contributed by atoms with Crippen LogP contribution in [0.15, 0.2) is 36.4 Å². The molecule has 146 valence electrons. The number of hydrogen-bond acceptors (Lipinski definition) is 3. The van der Waals surface area contributed by atoms with E-state index in [4.69, 9.17) is 4.74 Å². The molecule has 1 unspecified atom stereocenters. The Balaban J connectivity index is 1.46. The zero-order valence-electron chi connectivity index (χ0n) is 16.4. The molecule has 27 heavy (non-hydrogen) atoms. The summed E-state index contributed by atoms with van der Waals surface area (Å²) in [6, 6.07) is 13.1. The number of methoxy groups -OCH3 is 1. The van der Waals surface area contributed by atoms with Gasteiger partial charge < -0.3 is 20.7 Å². The minimum absolute atomic E-state index is 0.0266. The van der Waals surface area contributed by atoms with Crippen LogP contribution in [0.1, 0.15) is 45.4 Å². The van der Waals surface area contributed by atoms with E-state index in [0.717, 1.165) is 42.5 Å². The van der Waals surface area contributed by atoms with E-state index in [1.54, 1.807) is 7.11 Å². The van der Waals surface area contributed by atoms with E-state index in [9.17, 15) is 4.79 Å². The summed E-state index contributed by atoms with van der Waals surface area (Å²) in [5.41, 5.74) is 1.09. The smallest absolute Gasteiger partial charge is 0.315 e. The Morgan fingerprint density at radius 1 is 1.22 bits per heavy atom. The quantitative estimate of drug-likeness (QED) is 0.593. The summed E-state index contributed by atoms with van der Waals surface area (Å²) < 4.78 is 5.43. The highest BCUT2D eigenvalue weighted by atomic mass is 16.5. The van der Waals surface area contributed by atoms with Gasteiger partial charge in [-0.3, -0.25) is 0 Å². The highest BCUT2D eigenvalue weighted by molar-refractivity contribution is 5.95. The van der Waals surface area contributed by atoms with Crippen molar-refractivity contribution in [3.8, 4) is 5.75 Å². The summed E-state index contributed by atoms with van der Waals surface area (Å²) >= 11 is 0. The molecule has 5 heteroatoms. The summed E-state index contributed by atoms with van der Waals surface area (Å²) in [6.07, 6.45) is 6.61. The molecule has 1 atom stereocenters. The van der Waals surface area contributed by atoms with Gasteiger partial charge in [0.2, 0.25) is 0 Å². The molecule has 1 fully saturated rings. The SMILES string of the molecule is COc1cc(NC(C)CCCNC(=O)NC2CCCC2)c2ccccc2c1. The molecule has 0 bridgehead atoms. The van der Waals surface area contributed by atoms with E-state index >= 15 is 0 Å². The third-order valence-corrected chi connectivity index (χ3v) is 5.26. The molecule has 0 spiro atoms. The number of fused-ring (bicyclic) bond motifs is 1. The molecule has 3 rings (SSSR count). The van der Waals surface area contributed by atoms with Gasteiger partial charge in [-0.05, 0) is 44.1 Å². The summed E-state index contributed by atoms with van der Waals surface area (Å²) in [6.45, 7) is 2.87. The van der Waals surface area contributed by atoms with Gasteiger partial charge in [0.15, 0.2) is 0 Å². The van der Waals surface area contributed by atoms with Crippen LogP contribution in [0.4, 0.5) is 10.5 Å². The van der Waals surface area contributed by atoms with E-state index in [2.05, 4.69) is 47.1 Å². The maximum atomic E-state index is 11.9. The average Bonchev–Trinajstić information content (AvgIpc) is 3.18. The molecule has 5 nitrogen and oxygen atoms in total. The van der Waals surface area contributed by atoms with Gasteiger partial charge in [0.25, 0.3) is 0 Å². The number of nitrogens with one attached hydrogen (secondary N) is 3. The molecule has 0 saturated heterocycles. The highest BCUT2D eigenvalue weighted by Crippen LogP contribution is 2.30. The predicted molar refractivity (Wildman–Crippen MR) is 112 cm³/mol. The van der Waals surface area contributed by atoms with E-state index < -0.39 is 0 Å². The van der Waals surface area contributed by atoms with E-state index in [0.29, 0.717) is 18.6 Å². The van der Waals surface area contributed by atoms with Crippen LogP contribution in [0, 0.1) is 0 Å². The molecule has 0 aliphatic heterocycles. The first-order chi connectivity index (χ1) is 13.2. The third kappa shape index (κ3) is 5.52. The molecular formula is C22H31N3O2. The number of carbonyl (C=O) groups is 1. The summed E-state index contributed by atoms with van der Waals surface area (Å²) in [5.74, 6) is 0.855. The topological polar surface area (TPSA) is 62.4 Å². The van der Waals surface area contributed by atoms with E-state index in [-0.39, 0.29) is 6.03 Å². The number of amides is 2. The van der Waals surface area contributed by atoms with Crippen LogP contribution in [-0.4, -0.2) is 31.8 Å². The van der Waals surface area contributed by atoms with Crippen molar-refractivity contribution in [1.82, 2.24) is 10.6 Å². The Morgan fingerprint density at radius 3 is 2.78 bits per heavy atom. The van der Waals surface area contributed by atoms with Crippen molar-refractivity contribution in [1.29, 1.82) is 0 Å². The maximum Gasteiger partial charge on any atom is 0.315 e. The van der Waals surface area contributed by atoms with Crippen molar-refractivity contribution in [2.75, 3.05) is 19.0 Å². The average molecular weight is 370 g/mol. The molecule has 0 radical (unpaired) electrons. The lowest BCUT2D eigenvalue weighted by atomic mass is 10.1. The fraction of sp³-hybridized carbons (Fsp3) is 0.500. The number of rotatable bonds is 8. The summed E-state index contributed by atoms with van der Waals surface area (Å²) in [5, 5.41) is 12.0. The monoisotopic (exact) mass is 369 g/mol. The lowest BCUT2D eigenvalue weighted by molar-refractivity contribution is 0.237. The van der Waals surface area contributed by atoms with Crippen LogP contribution in [0.25, 0.3) is 10.8 Å². The molecule has 3 N–H and O–H groups in total. The van der Waals surface area contributed by atoms with Crippen LogP contribution in [0.5, 0.6) is 5.75 Å². The summed E-state index contributed by atoms with van der Waals surface area (Å²) in [7, 11) is 1.69. The summed E-state index contributed by atoms with van der Waals surface area (Å²) in [4.78, 5) is 11.9. The Kier molecular flexibility index (Phi) is 6.80. The van der Waals surface area contributed by atoms with Crippen LogP contribution >= 0.6 is 0 Å². The van der Waals surface area contributed by atoms with Crippen molar-refractivity contribution in [3.05, 3.63) is 36.4 Å². The zero-order valence-corrected chi connectivity index (χ0v) is 16.4. The second-order valence-electron chi connectivity index (χ2n) is 7.47. The number of benzene rings is 2. The normalized spacial score (nSPS) is 15.5. The zero-order chi connectivity index (χ0) is 19.1. The first kappa shape index (κ1) is 19.3. The van der Waals surface area contributed by atoms with Gasteiger partial charge in [-0.15, -0.1) is 0 Å². The second-order valence-corrected chi connectivity index (χ2v) is 7.47. The van der Waals surface area contributed by atoms with Gasteiger partial charge in [-0.1, -0.05) is 37.1 Å². The van der Waals surface area contributed by atoms with Crippen molar-refractivity contribution < 1.29 is 9.53 Å². The van der Waals surface area contributed by atoms with Crippen LogP contribution in [0.3, 0.4) is 0 Å². The van der Waals surface area contributed by atoms with Crippen LogP contribution in [-0.2, 0) is 0 Å². The Hall–Kier alpha value is -2.43.